The maximum Gasteiger partial charge on any atom is 0.435 e. The van der Waals surface area contributed by atoms with E-state index in [0.29, 0.717) is 22.6 Å². The normalized spacial score (nSPS) is 14.0. The van der Waals surface area contributed by atoms with E-state index in [9.17, 15) is 22.8 Å². The number of benzene rings is 1. The van der Waals surface area contributed by atoms with Crippen LogP contribution in [0.5, 0.6) is 0 Å². The summed E-state index contributed by atoms with van der Waals surface area (Å²) in [5.74, 6) is -0.541. The lowest BCUT2D eigenvalue weighted by molar-refractivity contribution is -0.145. The minimum absolute atomic E-state index is 0.0101. The molecule has 0 radical (unpaired) electrons. The molecular formula is C28H29F3N6O2. The van der Waals surface area contributed by atoms with Crippen LogP contribution in [0.3, 0.4) is 0 Å². The van der Waals surface area contributed by atoms with Gasteiger partial charge >= 0.3 is 6.18 Å². The second-order valence-corrected chi connectivity index (χ2v) is 10.9. The Bertz CT molecular complexity index is 1600. The van der Waals surface area contributed by atoms with Gasteiger partial charge in [0.25, 0.3) is 5.91 Å². The number of hydrogen-bond donors (Lipinski definition) is 0. The quantitative estimate of drug-likeness (QED) is 0.366. The van der Waals surface area contributed by atoms with Crippen molar-refractivity contribution < 1.29 is 22.8 Å². The average Bonchev–Trinajstić information content (AvgIpc) is 3.45. The third kappa shape index (κ3) is 4.88. The predicted molar refractivity (Wildman–Crippen MR) is 140 cm³/mol. The Hall–Kier alpha value is -4.15. The van der Waals surface area contributed by atoms with Crippen LogP contribution in [0.15, 0.2) is 48.8 Å². The highest BCUT2D eigenvalue weighted by atomic mass is 19.4. The molecule has 0 fully saturated rings. The maximum atomic E-state index is 14.0. The number of aryl methyl sites for hydroxylation is 1. The standard InChI is InChI=1S/C28H29F3N6O2/c1-17-14-36-15-20(9-10-23(36)32-17)34(5)25(38)18-7-6-8-19(13-18)37-22-11-12-35(26(39)27(2,3)4)16-21(22)24(33-37)28(29,30)31/h6-10,13-15H,11-12,16H2,1-5H3. The molecule has 4 aromatic rings. The van der Waals surface area contributed by atoms with Gasteiger partial charge in [0, 0.05) is 55.5 Å². The predicted octanol–water partition coefficient (Wildman–Crippen LogP) is 5.05. The van der Waals surface area contributed by atoms with Crippen molar-refractivity contribution in [3.05, 3.63) is 77.0 Å². The SMILES string of the molecule is Cc1cn2cc(N(C)C(=O)c3cccc(-n4nc(C(F)(F)F)c5c4CCN(C(=O)C(C)(C)C)C5)c3)ccc2n1. The number of fused-ring (bicyclic) bond motifs is 2. The lowest BCUT2D eigenvalue weighted by atomic mass is 9.93. The van der Waals surface area contributed by atoms with Gasteiger partial charge in [0.05, 0.1) is 22.8 Å². The first-order valence-electron chi connectivity index (χ1n) is 12.6. The van der Waals surface area contributed by atoms with Crippen LogP contribution in [-0.4, -0.2) is 49.5 Å². The molecule has 3 aromatic heterocycles. The van der Waals surface area contributed by atoms with Gasteiger partial charge in [-0.25, -0.2) is 9.67 Å². The fourth-order valence-corrected chi connectivity index (χ4v) is 4.89. The van der Waals surface area contributed by atoms with E-state index in [2.05, 4.69) is 10.1 Å². The lowest BCUT2D eigenvalue weighted by Gasteiger charge is -2.33. The number of pyridine rings is 1. The summed E-state index contributed by atoms with van der Waals surface area (Å²) in [6.45, 7) is 7.22. The highest BCUT2D eigenvalue weighted by Crippen LogP contribution is 2.37. The lowest BCUT2D eigenvalue weighted by Crippen LogP contribution is -2.42. The Morgan fingerprint density at radius 3 is 2.49 bits per heavy atom. The number of nitrogens with zero attached hydrogens (tertiary/aromatic N) is 6. The number of imidazole rings is 1. The third-order valence-electron chi connectivity index (χ3n) is 6.84. The molecule has 0 unspecified atom stereocenters. The van der Waals surface area contributed by atoms with Crippen LogP contribution in [0.2, 0.25) is 0 Å². The number of halogens is 3. The number of hydrogen-bond acceptors (Lipinski definition) is 4. The number of anilines is 1. The molecule has 0 spiro atoms. The molecule has 8 nitrogen and oxygen atoms in total. The average molecular weight is 539 g/mol. The highest BCUT2D eigenvalue weighted by Gasteiger charge is 2.42. The molecule has 5 rings (SSSR count). The Morgan fingerprint density at radius 2 is 1.79 bits per heavy atom. The smallest absolute Gasteiger partial charge is 0.337 e. The van der Waals surface area contributed by atoms with Crippen molar-refractivity contribution in [2.45, 2.75) is 46.8 Å². The summed E-state index contributed by atoms with van der Waals surface area (Å²) in [5.41, 5.74) is 1.53. The van der Waals surface area contributed by atoms with E-state index >= 15 is 0 Å². The van der Waals surface area contributed by atoms with Crippen LogP contribution >= 0.6 is 0 Å². The van der Waals surface area contributed by atoms with Crippen LogP contribution in [-0.2, 0) is 23.9 Å². The number of amides is 2. The van der Waals surface area contributed by atoms with Crippen molar-refractivity contribution in [3.8, 4) is 5.69 Å². The second-order valence-electron chi connectivity index (χ2n) is 10.9. The molecule has 1 aliphatic heterocycles. The molecule has 1 aliphatic rings. The van der Waals surface area contributed by atoms with E-state index in [1.54, 1.807) is 64.3 Å². The number of alkyl halides is 3. The zero-order chi connectivity index (χ0) is 28.3. The first-order chi connectivity index (χ1) is 18.2. The van der Waals surface area contributed by atoms with Gasteiger partial charge in [0.2, 0.25) is 5.91 Å². The van der Waals surface area contributed by atoms with E-state index < -0.39 is 17.3 Å². The molecule has 1 aromatic carbocycles. The van der Waals surface area contributed by atoms with Crippen LogP contribution in [0.1, 0.15) is 53.8 Å². The maximum absolute atomic E-state index is 14.0. The van der Waals surface area contributed by atoms with E-state index in [0.717, 1.165) is 11.3 Å². The van der Waals surface area contributed by atoms with Crippen molar-refractivity contribution in [2.24, 2.45) is 5.41 Å². The molecule has 11 heteroatoms. The van der Waals surface area contributed by atoms with Gasteiger partial charge in [0.1, 0.15) is 5.65 Å². The number of rotatable bonds is 3. The zero-order valence-electron chi connectivity index (χ0n) is 22.4. The molecular weight excluding hydrogens is 509 g/mol. The van der Waals surface area contributed by atoms with Crippen molar-refractivity contribution >= 4 is 23.1 Å². The summed E-state index contributed by atoms with van der Waals surface area (Å²) in [5, 5.41) is 3.95. The van der Waals surface area contributed by atoms with Gasteiger partial charge in [-0.3, -0.25) is 9.59 Å². The van der Waals surface area contributed by atoms with Crippen LogP contribution < -0.4 is 4.90 Å². The Labute approximate surface area is 223 Å². The second kappa shape index (κ2) is 9.25. The molecule has 2 amide bonds. The Kier molecular flexibility index (Phi) is 6.27. The minimum atomic E-state index is -4.69. The fourth-order valence-electron chi connectivity index (χ4n) is 4.89. The topological polar surface area (TPSA) is 75.7 Å². The molecule has 4 heterocycles. The van der Waals surface area contributed by atoms with Gasteiger partial charge in [0.15, 0.2) is 5.69 Å². The van der Waals surface area contributed by atoms with Crippen molar-refractivity contribution in [1.29, 1.82) is 0 Å². The molecule has 0 atom stereocenters. The number of carbonyl (C=O) groups is 2. The number of aromatic nitrogens is 4. The third-order valence-corrected chi connectivity index (χ3v) is 6.84. The fraction of sp³-hybridized carbons (Fsp3) is 0.357. The summed E-state index contributed by atoms with van der Waals surface area (Å²) in [4.78, 5) is 33.5. The first-order valence-corrected chi connectivity index (χ1v) is 12.6. The van der Waals surface area contributed by atoms with Crippen LogP contribution in [0, 0.1) is 12.3 Å². The van der Waals surface area contributed by atoms with Gasteiger partial charge in [-0.1, -0.05) is 26.8 Å². The molecule has 39 heavy (non-hydrogen) atoms. The van der Waals surface area contributed by atoms with Crippen molar-refractivity contribution in [1.82, 2.24) is 24.1 Å². The van der Waals surface area contributed by atoms with Crippen molar-refractivity contribution in [3.63, 3.8) is 0 Å². The molecule has 204 valence electrons. The van der Waals surface area contributed by atoms with Crippen molar-refractivity contribution in [2.75, 3.05) is 18.5 Å². The molecule has 0 saturated carbocycles. The zero-order valence-corrected chi connectivity index (χ0v) is 22.4. The number of carbonyl (C=O) groups excluding carboxylic acids is 2. The Morgan fingerprint density at radius 1 is 1.05 bits per heavy atom. The van der Waals surface area contributed by atoms with E-state index in [1.165, 1.54) is 14.5 Å². The van der Waals surface area contributed by atoms with Gasteiger partial charge in [-0.05, 0) is 37.3 Å². The minimum Gasteiger partial charge on any atom is -0.337 e. The molecule has 0 aliphatic carbocycles. The monoisotopic (exact) mass is 538 g/mol. The summed E-state index contributed by atoms with van der Waals surface area (Å²) in [6.07, 6.45) is -0.835. The van der Waals surface area contributed by atoms with E-state index in [4.69, 9.17) is 0 Å². The van der Waals surface area contributed by atoms with Gasteiger partial charge in [-0.15, -0.1) is 0 Å². The summed E-state index contributed by atoms with van der Waals surface area (Å²) in [7, 11) is 1.64. The van der Waals surface area contributed by atoms with E-state index in [1.807, 2.05) is 23.6 Å². The van der Waals surface area contributed by atoms with Crippen LogP contribution in [0.25, 0.3) is 11.3 Å². The van der Waals surface area contributed by atoms with Gasteiger partial charge < -0.3 is 14.2 Å². The first kappa shape index (κ1) is 26.5. The summed E-state index contributed by atoms with van der Waals surface area (Å²) >= 11 is 0. The molecule has 0 saturated heterocycles. The van der Waals surface area contributed by atoms with E-state index in [-0.39, 0.29) is 36.9 Å². The van der Waals surface area contributed by atoms with Gasteiger partial charge in [-0.2, -0.15) is 18.3 Å². The van der Waals surface area contributed by atoms with Crippen LogP contribution in [0.4, 0.5) is 18.9 Å². The summed E-state index contributed by atoms with van der Waals surface area (Å²) < 4.78 is 45.2. The molecule has 0 bridgehead atoms. The largest absolute Gasteiger partial charge is 0.435 e. The molecule has 0 N–H and O–H groups in total. The summed E-state index contributed by atoms with van der Waals surface area (Å²) in [6, 6.07) is 10.00. The Balaban J connectivity index is 1.49. The highest BCUT2D eigenvalue weighted by molar-refractivity contribution is 6.06.